The fourth-order valence-corrected chi connectivity index (χ4v) is 5.10. The van der Waals surface area contributed by atoms with E-state index in [1.54, 1.807) is 0 Å². The van der Waals surface area contributed by atoms with Crippen molar-refractivity contribution in [2.24, 2.45) is 5.92 Å². The smallest absolute Gasteiger partial charge is 0.315 e. The van der Waals surface area contributed by atoms with Crippen molar-refractivity contribution < 1.29 is 19.4 Å². The molecule has 0 radical (unpaired) electrons. The molecule has 4 rings (SSSR count). The van der Waals surface area contributed by atoms with Crippen molar-refractivity contribution >= 4 is 6.03 Å². The molecule has 3 aromatic rings. The topological polar surface area (TPSA) is 83.1 Å². The molecule has 0 spiro atoms. The van der Waals surface area contributed by atoms with E-state index in [1.165, 1.54) is 0 Å². The molecule has 0 unspecified atom stereocenters. The van der Waals surface area contributed by atoms with E-state index in [1.807, 2.05) is 55.5 Å². The summed E-state index contributed by atoms with van der Waals surface area (Å²) in [5.74, 6) is 0.118. The van der Waals surface area contributed by atoms with Gasteiger partial charge in [0, 0.05) is 37.7 Å². The van der Waals surface area contributed by atoms with Gasteiger partial charge in [-0.3, -0.25) is 0 Å². The number of hydrogen-bond acceptors (Lipinski definition) is 5. The minimum absolute atomic E-state index is 0.0134. The number of hydrogen-bond donors (Lipinski definition) is 3. The van der Waals surface area contributed by atoms with Gasteiger partial charge in [0.25, 0.3) is 0 Å². The molecular weight excluding hydrogens is 502 g/mol. The average molecular weight is 544 g/mol. The van der Waals surface area contributed by atoms with E-state index in [4.69, 9.17) is 9.47 Å². The SMILES string of the molecule is C=CCN(C)C[C@@H]1O[C@H](c2ccc(-c3ccccc3CNC(=O)NCC)cc2)O[C@H](c2ccc(CO)cc2)[C@@H]1C. The van der Waals surface area contributed by atoms with E-state index < -0.39 is 6.29 Å². The quantitative estimate of drug-likeness (QED) is 0.275. The van der Waals surface area contributed by atoms with Gasteiger partial charge >= 0.3 is 6.03 Å². The van der Waals surface area contributed by atoms with Crippen molar-refractivity contribution in [3.05, 3.63) is 108 Å². The summed E-state index contributed by atoms with van der Waals surface area (Å²) in [7, 11) is 2.07. The third-order valence-electron chi connectivity index (χ3n) is 7.34. The fraction of sp³-hybridized carbons (Fsp3) is 0.364. The molecule has 1 heterocycles. The van der Waals surface area contributed by atoms with E-state index in [0.717, 1.165) is 46.5 Å². The largest absolute Gasteiger partial charge is 0.392 e. The number of urea groups is 1. The lowest BCUT2D eigenvalue weighted by molar-refractivity contribution is -0.275. The molecule has 1 aliphatic rings. The van der Waals surface area contributed by atoms with Crippen molar-refractivity contribution in [1.29, 1.82) is 0 Å². The molecule has 7 heteroatoms. The Hall–Kier alpha value is -3.49. The maximum absolute atomic E-state index is 11.9. The predicted octanol–water partition coefficient (Wildman–Crippen LogP) is 5.57. The number of nitrogens with zero attached hydrogens (tertiary/aromatic N) is 1. The van der Waals surface area contributed by atoms with Crippen LogP contribution in [0.5, 0.6) is 0 Å². The summed E-state index contributed by atoms with van der Waals surface area (Å²) in [6.07, 6.45) is 1.17. The molecule has 7 nitrogen and oxygen atoms in total. The minimum Gasteiger partial charge on any atom is -0.392 e. The first-order chi connectivity index (χ1) is 19.4. The zero-order chi connectivity index (χ0) is 28.5. The lowest BCUT2D eigenvalue weighted by Gasteiger charge is -2.42. The maximum Gasteiger partial charge on any atom is 0.315 e. The van der Waals surface area contributed by atoms with E-state index in [0.29, 0.717) is 13.1 Å². The van der Waals surface area contributed by atoms with E-state index >= 15 is 0 Å². The number of amides is 2. The van der Waals surface area contributed by atoms with Crippen molar-refractivity contribution in [3.8, 4) is 11.1 Å². The standard InChI is InChI=1S/C33H41N3O4/c1-5-19-36(4)21-30-23(3)31(26-13-11-24(22-37)12-14-26)40-32(39-30)27-17-15-25(16-18-27)29-10-8-7-9-28(29)20-35-33(38)34-6-2/h5,7-18,23,30-32,37H,1,6,19-22H2,2-4H3,(H2,34,35,38)/t23-,30+,31+,32+/m1/s1. The van der Waals surface area contributed by atoms with Crippen molar-refractivity contribution in [2.75, 3.05) is 26.7 Å². The summed E-state index contributed by atoms with van der Waals surface area (Å²) in [4.78, 5) is 14.1. The number of nitrogens with one attached hydrogen (secondary N) is 2. The van der Waals surface area contributed by atoms with Crippen LogP contribution >= 0.6 is 0 Å². The van der Waals surface area contributed by atoms with Gasteiger partial charge in [0.1, 0.15) is 0 Å². The fourth-order valence-electron chi connectivity index (χ4n) is 5.10. The van der Waals surface area contributed by atoms with Crippen LogP contribution in [0.15, 0.2) is 85.5 Å². The molecule has 0 bridgehead atoms. The Kier molecular flexibility index (Phi) is 10.5. The van der Waals surface area contributed by atoms with Crippen LogP contribution in [-0.4, -0.2) is 48.8 Å². The zero-order valence-corrected chi connectivity index (χ0v) is 23.7. The van der Waals surface area contributed by atoms with Gasteiger partial charge in [-0.25, -0.2) is 4.79 Å². The molecule has 1 aliphatic heterocycles. The van der Waals surface area contributed by atoms with E-state index in [9.17, 15) is 9.90 Å². The van der Waals surface area contributed by atoms with Gasteiger partial charge in [-0.05, 0) is 41.8 Å². The number of rotatable bonds is 11. The van der Waals surface area contributed by atoms with Gasteiger partial charge in [0.15, 0.2) is 6.29 Å². The third kappa shape index (κ3) is 7.37. The molecule has 3 aromatic carbocycles. The Labute approximate surface area is 237 Å². The number of carbonyl (C=O) groups excluding carboxylic acids is 1. The van der Waals surface area contributed by atoms with Crippen LogP contribution in [0.1, 0.15) is 48.5 Å². The summed E-state index contributed by atoms with van der Waals surface area (Å²) in [5, 5.41) is 15.2. The second kappa shape index (κ2) is 14.2. The van der Waals surface area contributed by atoms with Crippen LogP contribution < -0.4 is 10.6 Å². The van der Waals surface area contributed by atoms with E-state index in [-0.39, 0.29) is 30.8 Å². The molecule has 1 saturated heterocycles. The molecule has 0 saturated carbocycles. The Bertz CT molecular complexity index is 1250. The second-order valence-electron chi connectivity index (χ2n) is 10.3. The van der Waals surface area contributed by atoms with Crippen LogP contribution in [0.25, 0.3) is 11.1 Å². The Morgan fingerprint density at radius 2 is 1.70 bits per heavy atom. The maximum atomic E-state index is 11.9. The van der Waals surface area contributed by atoms with Gasteiger partial charge in [-0.2, -0.15) is 0 Å². The molecule has 40 heavy (non-hydrogen) atoms. The normalized spacial score (nSPS) is 20.7. The number of aliphatic hydroxyl groups is 1. The monoisotopic (exact) mass is 543 g/mol. The van der Waals surface area contributed by atoms with E-state index in [2.05, 4.69) is 66.4 Å². The predicted molar refractivity (Wildman–Crippen MR) is 158 cm³/mol. The van der Waals surface area contributed by atoms with Crippen molar-refractivity contribution in [1.82, 2.24) is 15.5 Å². The number of ether oxygens (including phenoxy) is 2. The third-order valence-corrected chi connectivity index (χ3v) is 7.34. The van der Waals surface area contributed by atoms with Gasteiger partial charge in [-0.1, -0.05) is 85.8 Å². The van der Waals surface area contributed by atoms with Crippen molar-refractivity contribution in [3.63, 3.8) is 0 Å². The van der Waals surface area contributed by atoms with Crippen LogP contribution in [-0.2, 0) is 22.6 Å². The lowest BCUT2D eigenvalue weighted by atomic mass is 9.90. The Balaban J connectivity index is 1.56. The molecule has 0 aromatic heterocycles. The molecule has 3 N–H and O–H groups in total. The highest BCUT2D eigenvalue weighted by Crippen LogP contribution is 2.42. The van der Waals surface area contributed by atoms with Gasteiger partial charge in [0.05, 0.1) is 18.8 Å². The lowest BCUT2D eigenvalue weighted by Crippen LogP contribution is -2.43. The summed E-state index contributed by atoms with van der Waals surface area (Å²) < 4.78 is 13.2. The molecule has 4 atom stereocenters. The first kappa shape index (κ1) is 29.5. The first-order valence-corrected chi connectivity index (χ1v) is 13.9. The summed E-state index contributed by atoms with van der Waals surface area (Å²) in [6, 6.07) is 24.1. The number of carbonyl (C=O) groups is 1. The Morgan fingerprint density at radius 3 is 2.38 bits per heavy atom. The molecule has 0 aliphatic carbocycles. The molecular formula is C33H41N3O4. The van der Waals surface area contributed by atoms with Gasteiger partial charge in [-0.15, -0.1) is 6.58 Å². The minimum atomic E-state index is -0.524. The summed E-state index contributed by atoms with van der Waals surface area (Å²) in [6.45, 7) is 10.5. The van der Waals surface area contributed by atoms with Crippen LogP contribution in [0.4, 0.5) is 4.79 Å². The number of likely N-dealkylation sites (N-methyl/N-ethyl adjacent to an activating group) is 1. The van der Waals surface area contributed by atoms with Crippen LogP contribution in [0.3, 0.4) is 0 Å². The number of benzene rings is 3. The van der Waals surface area contributed by atoms with Gasteiger partial charge < -0.3 is 30.1 Å². The highest BCUT2D eigenvalue weighted by atomic mass is 16.7. The molecule has 212 valence electrons. The Morgan fingerprint density at radius 1 is 1.00 bits per heavy atom. The highest BCUT2D eigenvalue weighted by molar-refractivity contribution is 5.74. The van der Waals surface area contributed by atoms with Crippen LogP contribution in [0.2, 0.25) is 0 Å². The molecule has 1 fully saturated rings. The molecule has 2 amide bonds. The number of aliphatic hydroxyl groups excluding tert-OH is 1. The first-order valence-electron chi connectivity index (χ1n) is 13.9. The van der Waals surface area contributed by atoms with Crippen LogP contribution in [0, 0.1) is 5.92 Å². The second-order valence-corrected chi connectivity index (χ2v) is 10.3. The van der Waals surface area contributed by atoms with Gasteiger partial charge in [0.2, 0.25) is 0 Å². The average Bonchev–Trinajstić information content (AvgIpc) is 2.98. The van der Waals surface area contributed by atoms with Crippen molar-refractivity contribution in [2.45, 2.75) is 45.5 Å². The summed E-state index contributed by atoms with van der Waals surface area (Å²) in [5.41, 5.74) is 6.05. The summed E-state index contributed by atoms with van der Waals surface area (Å²) >= 11 is 0. The zero-order valence-electron chi connectivity index (χ0n) is 23.7. The highest BCUT2D eigenvalue weighted by Gasteiger charge is 2.38.